The van der Waals surface area contributed by atoms with Crippen LogP contribution in [0.4, 0.5) is 5.69 Å². The van der Waals surface area contributed by atoms with Gasteiger partial charge in [0.2, 0.25) is 0 Å². The molecule has 0 spiro atoms. The number of allylic oxidation sites excluding steroid dienone is 1. The summed E-state index contributed by atoms with van der Waals surface area (Å²) >= 11 is 0. The van der Waals surface area contributed by atoms with E-state index >= 15 is 0 Å². The molecule has 0 unspecified atom stereocenters. The summed E-state index contributed by atoms with van der Waals surface area (Å²) in [5.41, 5.74) is 4.68. The minimum atomic E-state index is 0.887. The number of fused-ring (bicyclic) bond motifs is 1. The molecule has 3 heteroatoms. The highest BCUT2D eigenvalue weighted by Gasteiger charge is 2.05. The SMILES string of the molecule is C=N/C(=C\N(C)c1ccc2c(CC)c[nH]c2c1)CC. The Morgan fingerprint density at radius 3 is 2.84 bits per heavy atom. The molecule has 0 amide bonds. The molecule has 0 saturated heterocycles. The number of aromatic nitrogens is 1. The lowest BCUT2D eigenvalue weighted by Crippen LogP contribution is -2.08. The normalized spacial score (nSPS) is 11.8. The third-order valence-corrected chi connectivity index (χ3v) is 3.45. The minimum Gasteiger partial charge on any atom is -0.361 e. The molecule has 1 N–H and O–H groups in total. The van der Waals surface area contributed by atoms with Crippen LogP contribution in [0.15, 0.2) is 41.3 Å². The van der Waals surface area contributed by atoms with E-state index in [1.54, 1.807) is 0 Å². The molecular weight excluding hydrogens is 234 g/mol. The van der Waals surface area contributed by atoms with Gasteiger partial charge >= 0.3 is 0 Å². The molecule has 0 fully saturated rings. The second kappa shape index (κ2) is 5.74. The number of nitrogens with one attached hydrogen (secondary N) is 1. The maximum atomic E-state index is 4.01. The van der Waals surface area contributed by atoms with E-state index in [1.165, 1.54) is 16.5 Å². The third kappa shape index (κ3) is 2.70. The molecule has 0 bridgehead atoms. The standard InChI is InChI=1S/C16H21N3/c1-5-12-10-18-16-9-14(7-8-15(12)16)19(4)11-13(6-2)17-3/h7-11,18H,3,5-6H2,1-2,4H3/b13-11-. The first-order valence-electron chi connectivity index (χ1n) is 6.69. The Labute approximate surface area is 114 Å². The molecule has 0 aliphatic heterocycles. The van der Waals surface area contributed by atoms with Crippen LogP contribution in [0.5, 0.6) is 0 Å². The maximum absolute atomic E-state index is 4.01. The van der Waals surface area contributed by atoms with Crippen LogP contribution in [0.2, 0.25) is 0 Å². The number of benzene rings is 1. The molecule has 100 valence electrons. The van der Waals surface area contributed by atoms with E-state index in [-0.39, 0.29) is 0 Å². The van der Waals surface area contributed by atoms with E-state index in [0.717, 1.165) is 24.2 Å². The summed E-state index contributed by atoms with van der Waals surface area (Å²) in [5.74, 6) is 0. The van der Waals surface area contributed by atoms with Gasteiger partial charge < -0.3 is 9.88 Å². The van der Waals surface area contributed by atoms with Gasteiger partial charge in [0, 0.05) is 36.0 Å². The molecule has 2 aromatic rings. The number of aryl methyl sites for hydroxylation is 1. The highest BCUT2D eigenvalue weighted by molar-refractivity contribution is 5.86. The van der Waals surface area contributed by atoms with Crippen molar-refractivity contribution >= 4 is 23.3 Å². The topological polar surface area (TPSA) is 31.4 Å². The van der Waals surface area contributed by atoms with Crippen molar-refractivity contribution < 1.29 is 0 Å². The van der Waals surface area contributed by atoms with Crippen molar-refractivity contribution in [2.24, 2.45) is 4.99 Å². The maximum Gasteiger partial charge on any atom is 0.0555 e. The number of aromatic amines is 1. The van der Waals surface area contributed by atoms with Gasteiger partial charge in [-0.1, -0.05) is 19.9 Å². The van der Waals surface area contributed by atoms with Gasteiger partial charge in [0.05, 0.1) is 5.70 Å². The Morgan fingerprint density at radius 2 is 2.21 bits per heavy atom. The largest absolute Gasteiger partial charge is 0.361 e. The molecule has 0 radical (unpaired) electrons. The number of nitrogens with zero attached hydrogens (tertiary/aromatic N) is 2. The lowest BCUT2D eigenvalue weighted by atomic mass is 10.1. The fourth-order valence-corrected chi connectivity index (χ4v) is 2.23. The van der Waals surface area contributed by atoms with Gasteiger partial charge in [0.25, 0.3) is 0 Å². The Kier molecular flexibility index (Phi) is 4.05. The zero-order valence-electron chi connectivity index (χ0n) is 11.9. The molecule has 1 heterocycles. The molecule has 19 heavy (non-hydrogen) atoms. The van der Waals surface area contributed by atoms with Crippen LogP contribution in [0.25, 0.3) is 10.9 Å². The Balaban J connectivity index is 2.35. The lowest BCUT2D eigenvalue weighted by molar-refractivity contribution is 1.04. The average molecular weight is 255 g/mol. The number of aliphatic imine (C=N–C) groups is 1. The van der Waals surface area contributed by atoms with Crippen molar-refractivity contribution in [2.45, 2.75) is 26.7 Å². The first-order valence-corrected chi connectivity index (χ1v) is 6.69. The van der Waals surface area contributed by atoms with Gasteiger partial charge in [-0.25, -0.2) is 0 Å². The van der Waals surface area contributed by atoms with Gasteiger partial charge in [0.15, 0.2) is 0 Å². The first kappa shape index (κ1) is 13.4. The third-order valence-electron chi connectivity index (χ3n) is 3.45. The average Bonchev–Trinajstić information content (AvgIpc) is 2.86. The fraction of sp³-hybridized carbons (Fsp3) is 0.312. The summed E-state index contributed by atoms with van der Waals surface area (Å²) in [7, 11) is 2.03. The van der Waals surface area contributed by atoms with Crippen LogP contribution in [0.3, 0.4) is 0 Å². The molecule has 0 saturated carbocycles. The van der Waals surface area contributed by atoms with Crippen LogP contribution < -0.4 is 4.90 Å². The van der Waals surface area contributed by atoms with Crippen LogP contribution in [0.1, 0.15) is 25.8 Å². The summed E-state index contributed by atoms with van der Waals surface area (Å²) in [6.45, 7) is 7.85. The number of H-pyrrole nitrogens is 1. The summed E-state index contributed by atoms with van der Waals surface area (Å²) in [6.07, 6.45) is 6.05. The highest BCUT2D eigenvalue weighted by atomic mass is 15.1. The Bertz CT molecular complexity index is 607. The number of hydrogen-bond acceptors (Lipinski definition) is 2. The van der Waals surface area contributed by atoms with Crippen molar-refractivity contribution in [1.82, 2.24) is 4.98 Å². The summed E-state index contributed by atoms with van der Waals surface area (Å²) in [4.78, 5) is 9.43. The van der Waals surface area contributed by atoms with Crippen molar-refractivity contribution in [1.29, 1.82) is 0 Å². The van der Waals surface area contributed by atoms with Crippen molar-refractivity contribution in [3.05, 3.63) is 41.9 Å². The van der Waals surface area contributed by atoms with E-state index < -0.39 is 0 Å². The molecule has 0 aliphatic rings. The predicted molar refractivity (Wildman–Crippen MR) is 84.0 cm³/mol. The summed E-state index contributed by atoms with van der Waals surface area (Å²) in [6, 6.07) is 6.49. The van der Waals surface area contributed by atoms with E-state index in [1.807, 2.05) is 13.2 Å². The number of anilines is 1. The molecule has 1 aromatic carbocycles. The van der Waals surface area contributed by atoms with Gasteiger partial charge in [-0.15, -0.1) is 0 Å². The second-order valence-electron chi connectivity index (χ2n) is 4.64. The van der Waals surface area contributed by atoms with E-state index in [9.17, 15) is 0 Å². The van der Waals surface area contributed by atoms with Crippen LogP contribution >= 0.6 is 0 Å². The van der Waals surface area contributed by atoms with Crippen molar-refractivity contribution in [3.63, 3.8) is 0 Å². The number of rotatable bonds is 5. The zero-order valence-corrected chi connectivity index (χ0v) is 11.9. The van der Waals surface area contributed by atoms with Crippen molar-refractivity contribution in [2.75, 3.05) is 11.9 Å². The quantitative estimate of drug-likeness (QED) is 0.801. The van der Waals surface area contributed by atoms with E-state index in [0.29, 0.717) is 0 Å². The fourth-order valence-electron chi connectivity index (χ4n) is 2.23. The molecule has 1 aromatic heterocycles. The zero-order chi connectivity index (χ0) is 13.8. The van der Waals surface area contributed by atoms with Crippen LogP contribution in [0, 0.1) is 0 Å². The molecule has 0 aliphatic carbocycles. The van der Waals surface area contributed by atoms with Crippen LogP contribution in [-0.2, 0) is 6.42 Å². The molecule has 3 nitrogen and oxygen atoms in total. The summed E-state index contributed by atoms with van der Waals surface area (Å²) in [5, 5.41) is 1.31. The van der Waals surface area contributed by atoms with E-state index in [4.69, 9.17) is 0 Å². The smallest absolute Gasteiger partial charge is 0.0555 e. The highest BCUT2D eigenvalue weighted by Crippen LogP contribution is 2.24. The monoisotopic (exact) mass is 255 g/mol. The molecule has 0 atom stereocenters. The Hall–Kier alpha value is -2.03. The first-order chi connectivity index (χ1) is 9.19. The predicted octanol–water partition coefficient (Wildman–Crippen LogP) is 4.12. The van der Waals surface area contributed by atoms with Crippen molar-refractivity contribution in [3.8, 4) is 0 Å². The van der Waals surface area contributed by atoms with Gasteiger partial charge in [-0.3, -0.25) is 4.99 Å². The van der Waals surface area contributed by atoms with Gasteiger partial charge in [-0.05, 0) is 37.3 Å². The molecule has 2 rings (SSSR count). The Morgan fingerprint density at radius 1 is 1.42 bits per heavy atom. The van der Waals surface area contributed by atoms with Gasteiger partial charge in [-0.2, -0.15) is 0 Å². The van der Waals surface area contributed by atoms with Crippen LogP contribution in [-0.4, -0.2) is 18.7 Å². The summed E-state index contributed by atoms with van der Waals surface area (Å²) < 4.78 is 0. The minimum absolute atomic E-state index is 0.887. The van der Waals surface area contributed by atoms with E-state index in [2.05, 4.69) is 59.8 Å². The lowest BCUT2D eigenvalue weighted by Gasteiger charge is -2.15. The molecular formula is C16H21N3. The van der Waals surface area contributed by atoms with Gasteiger partial charge in [0.1, 0.15) is 0 Å². The second-order valence-corrected chi connectivity index (χ2v) is 4.64. The number of hydrogen-bond donors (Lipinski definition) is 1.